The molecule has 11 unspecified atom stereocenters. The lowest BCUT2D eigenvalue weighted by molar-refractivity contribution is -0.346. The standard InChI is InChI=1S/C32H44N2O9/c1-16(14-17(2)28-18(3)23-12-13-32(15-40-32)31(6,42-23)43-28)8-9-22(36)25-27(37)26(19(4)29(38)33-7)34(30(25)39)24-11-10-21(35)20(5)41-24/h8-9,12-14,17-21,23-24,26,28,35-36H,10-11,15H2,1-7H3,(H,33,38)/b9-8+,16-14+,25-22+. The second kappa shape index (κ2) is 11.6. The summed E-state index contributed by atoms with van der Waals surface area (Å²) in [5.41, 5.74) is -0.127. The normalized spacial score (nSPS) is 42.0. The Hall–Kier alpha value is -2.83. The average molecular weight is 601 g/mol. The number of allylic oxidation sites excluding steroid dienone is 3. The largest absolute Gasteiger partial charge is 0.507 e. The first-order valence-corrected chi connectivity index (χ1v) is 15.1. The predicted octanol–water partition coefficient (Wildman–Crippen LogP) is 2.46. The molecule has 236 valence electrons. The van der Waals surface area contributed by atoms with Gasteiger partial charge in [0.15, 0.2) is 11.4 Å². The molecule has 5 aliphatic rings. The van der Waals surface area contributed by atoms with E-state index in [0.29, 0.717) is 19.4 Å². The van der Waals surface area contributed by atoms with Crippen molar-refractivity contribution in [2.24, 2.45) is 17.8 Å². The highest BCUT2D eigenvalue weighted by molar-refractivity contribution is 6.27. The van der Waals surface area contributed by atoms with Gasteiger partial charge in [0, 0.05) is 18.9 Å². The van der Waals surface area contributed by atoms with Crippen LogP contribution < -0.4 is 5.32 Å². The minimum Gasteiger partial charge on any atom is -0.507 e. The second-order valence-electron chi connectivity index (χ2n) is 12.7. The monoisotopic (exact) mass is 600 g/mol. The number of fused-ring (bicyclic) bond motifs is 3. The summed E-state index contributed by atoms with van der Waals surface area (Å²) < 4.78 is 24.3. The Balaban J connectivity index is 1.36. The number of hydrogen-bond donors (Lipinski definition) is 3. The van der Waals surface area contributed by atoms with Gasteiger partial charge in [0.05, 0.1) is 36.9 Å². The topological polar surface area (TPSA) is 147 Å². The van der Waals surface area contributed by atoms with E-state index < -0.39 is 65.1 Å². The molecule has 3 N–H and O–H groups in total. The fourth-order valence-corrected chi connectivity index (χ4v) is 6.82. The van der Waals surface area contributed by atoms with Crippen LogP contribution in [0.3, 0.4) is 0 Å². The summed E-state index contributed by atoms with van der Waals surface area (Å²) in [5.74, 6) is -3.93. The third-order valence-electron chi connectivity index (χ3n) is 9.67. The third-order valence-corrected chi connectivity index (χ3v) is 9.67. The molecule has 0 radical (unpaired) electrons. The fraction of sp³-hybridized carbons (Fsp3) is 0.656. The number of likely N-dealkylation sites (tertiary alicyclic amines) is 1. The summed E-state index contributed by atoms with van der Waals surface area (Å²) in [7, 11) is 1.46. The van der Waals surface area contributed by atoms with Gasteiger partial charge in [0.1, 0.15) is 23.6 Å². The molecule has 43 heavy (non-hydrogen) atoms. The molecule has 4 saturated heterocycles. The Morgan fingerprint density at radius 2 is 1.88 bits per heavy atom. The first-order valence-electron chi connectivity index (χ1n) is 15.1. The van der Waals surface area contributed by atoms with E-state index in [1.54, 1.807) is 19.9 Å². The number of hydrogen-bond acceptors (Lipinski definition) is 9. The fourth-order valence-electron chi connectivity index (χ4n) is 6.82. The Bertz CT molecular complexity index is 1280. The molecule has 4 fully saturated rings. The molecular weight excluding hydrogens is 556 g/mol. The third kappa shape index (κ3) is 5.50. The number of ether oxygens (including phenoxy) is 4. The van der Waals surface area contributed by atoms with Gasteiger partial charge in [-0.25, -0.2) is 0 Å². The first-order chi connectivity index (χ1) is 20.2. The van der Waals surface area contributed by atoms with Crippen LogP contribution in [-0.2, 0) is 33.3 Å². The number of rotatable bonds is 7. The van der Waals surface area contributed by atoms with E-state index in [2.05, 4.69) is 31.3 Å². The maximum atomic E-state index is 13.6. The maximum Gasteiger partial charge on any atom is 0.264 e. The van der Waals surface area contributed by atoms with Gasteiger partial charge in [-0.1, -0.05) is 44.6 Å². The van der Waals surface area contributed by atoms with Crippen LogP contribution in [0.5, 0.6) is 0 Å². The van der Waals surface area contributed by atoms with Crippen molar-refractivity contribution in [1.82, 2.24) is 10.2 Å². The quantitative estimate of drug-likeness (QED) is 0.100. The van der Waals surface area contributed by atoms with Crippen LogP contribution >= 0.6 is 0 Å². The highest BCUT2D eigenvalue weighted by Crippen LogP contribution is 2.52. The van der Waals surface area contributed by atoms with Crippen LogP contribution in [0.15, 0.2) is 47.3 Å². The zero-order chi connectivity index (χ0) is 31.4. The Labute approximate surface area is 252 Å². The number of nitrogens with zero attached hydrogens (tertiary/aromatic N) is 1. The van der Waals surface area contributed by atoms with Crippen molar-refractivity contribution in [3.05, 3.63) is 47.3 Å². The first kappa shape index (κ1) is 31.6. The molecule has 0 aromatic carbocycles. The summed E-state index contributed by atoms with van der Waals surface area (Å²) in [6.45, 7) is 11.7. The van der Waals surface area contributed by atoms with E-state index >= 15 is 0 Å². The van der Waals surface area contributed by atoms with Crippen molar-refractivity contribution in [2.75, 3.05) is 13.7 Å². The van der Waals surface area contributed by atoms with Gasteiger partial charge in [-0.05, 0) is 45.8 Å². The smallest absolute Gasteiger partial charge is 0.264 e. The lowest BCUT2D eigenvalue weighted by Gasteiger charge is -2.51. The molecule has 2 bridgehead atoms. The van der Waals surface area contributed by atoms with Crippen molar-refractivity contribution in [3.63, 3.8) is 0 Å². The van der Waals surface area contributed by atoms with Crippen LogP contribution in [0.1, 0.15) is 54.4 Å². The zero-order valence-electron chi connectivity index (χ0n) is 25.9. The number of carbonyl (C=O) groups is 3. The van der Waals surface area contributed by atoms with E-state index in [-0.39, 0.29) is 29.6 Å². The van der Waals surface area contributed by atoms with E-state index in [0.717, 1.165) is 5.57 Å². The van der Waals surface area contributed by atoms with Crippen LogP contribution in [0.25, 0.3) is 0 Å². The molecular formula is C32H44N2O9. The number of aliphatic hydroxyl groups is 2. The molecule has 11 atom stereocenters. The van der Waals surface area contributed by atoms with Crippen molar-refractivity contribution in [3.8, 4) is 0 Å². The number of Topliss-reactive ketones (excluding diaryl/α,β-unsaturated/α-hetero) is 1. The molecule has 0 aliphatic carbocycles. The number of nitrogens with one attached hydrogen (secondary N) is 1. The highest BCUT2D eigenvalue weighted by Gasteiger charge is 2.66. The summed E-state index contributed by atoms with van der Waals surface area (Å²) >= 11 is 0. The minimum atomic E-state index is -1.15. The number of amides is 2. The van der Waals surface area contributed by atoms with Gasteiger partial charge in [0.25, 0.3) is 5.91 Å². The molecule has 0 aromatic rings. The van der Waals surface area contributed by atoms with Gasteiger partial charge in [-0.15, -0.1) is 0 Å². The van der Waals surface area contributed by atoms with Gasteiger partial charge >= 0.3 is 0 Å². The van der Waals surface area contributed by atoms with Gasteiger partial charge in [-0.3, -0.25) is 14.4 Å². The Kier molecular flexibility index (Phi) is 8.51. The molecule has 1 spiro atoms. The van der Waals surface area contributed by atoms with E-state index in [4.69, 9.17) is 18.9 Å². The van der Waals surface area contributed by atoms with Crippen LogP contribution in [0.2, 0.25) is 0 Å². The Morgan fingerprint density at radius 3 is 2.51 bits per heavy atom. The summed E-state index contributed by atoms with van der Waals surface area (Å²) in [6, 6.07) is -1.15. The molecule has 2 amide bonds. The summed E-state index contributed by atoms with van der Waals surface area (Å²) in [5, 5.41) is 23.7. The summed E-state index contributed by atoms with van der Waals surface area (Å²) in [6.07, 6.45) is 7.46. The van der Waals surface area contributed by atoms with Gasteiger partial charge < -0.3 is 39.4 Å². The lowest BCUT2D eigenvalue weighted by Crippen LogP contribution is -2.61. The van der Waals surface area contributed by atoms with E-state index in [9.17, 15) is 24.6 Å². The molecule has 0 aromatic heterocycles. The SMILES string of the molecule is CNC(=O)C(C)C1C(=O)/C(=C(O)/C=C/C(C)=C/C(C)C2OC3(C)OC(C=CC34CO4)C2C)C(=O)N1C1CCC(O)C(C)O1. The van der Waals surface area contributed by atoms with E-state index in [1.807, 2.05) is 19.9 Å². The number of carbonyl (C=O) groups excluding carboxylic acids is 3. The minimum absolute atomic E-state index is 0.0220. The summed E-state index contributed by atoms with van der Waals surface area (Å²) in [4.78, 5) is 41.1. The predicted molar refractivity (Wildman–Crippen MR) is 155 cm³/mol. The molecule has 0 saturated carbocycles. The van der Waals surface area contributed by atoms with Gasteiger partial charge in [0.2, 0.25) is 11.7 Å². The maximum absolute atomic E-state index is 13.6. The van der Waals surface area contributed by atoms with E-state index in [1.165, 1.54) is 18.0 Å². The number of aliphatic hydroxyl groups excluding tert-OH is 2. The molecule has 5 rings (SSSR count). The van der Waals surface area contributed by atoms with Crippen molar-refractivity contribution < 1.29 is 43.5 Å². The molecule has 11 heteroatoms. The van der Waals surface area contributed by atoms with Gasteiger partial charge in [-0.2, -0.15) is 0 Å². The Morgan fingerprint density at radius 1 is 1.19 bits per heavy atom. The highest BCUT2D eigenvalue weighted by atomic mass is 16.8. The molecule has 5 aliphatic heterocycles. The number of epoxide rings is 1. The number of ketones is 1. The second-order valence-corrected chi connectivity index (χ2v) is 12.7. The van der Waals surface area contributed by atoms with Crippen LogP contribution in [0, 0.1) is 17.8 Å². The van der Waals surface area contributed by atoms with Crippen molar-refractivity contribution >= 4 is 17.6 Å². The van der Waals surface area contributed by atoms with Crippen molar-refractivity contribution in [1.29, 1.82) is 0 Å². The molecule has 11 nitrogen and oxygen atoms in total. The van der Waals surface area contributed by atoms with Crippen molar-refractivity contribution in [2.45, 2.75) is 102 Å². The lowest BCUT2D eigenvalue weighted by atomic mass is 9.82. The van der Waals surface area contributed by atoms with Crippen LogP contribution in [-0.4, -0.2) is 94.4 Å². The molecule has 5 heterocycles. The zero-order valence-corrected chi connectivity index (χ0v) is 25.9. The van der Waals surface area contributed by atoms with Crippen LogP contribution in [0.4, 0.5) is 0 Å². The average Bonchev–Trinajstić information content (AvgIpc) is 3.71.